The quantitative estimate of drug-likeness (QED) is 0.617. The van der Waals surface area contributed by atoms with Crippen molar-refractivity contribution in [1.82, 2.24) is 4.57 Å². The molecule has 29 heavy (non-hydrogen) atoms. The number of aromatic nitrogens is 1. The molecule has 1 unspecified atom stereocenters. The SMILES string of the molecule is CCCOc1ccc(F)c2c(=O)c(-c3ccc(O)cc3)cn(C(CC)C(=O)O)c12. The van der Waals surface area contributed by atoms with Crippen LogP contribution in [0.25, 0.3) is 22.0 Å². The maximum Gasteiger partial charge on any atom is 0.326 e. The summed E-state index contributed by atoms with van der Waals surface area (Å²) in [4.78, 5) is 25.1. The van der Waals surface area contributed by atoms with Gasteiger partial charge in [-0.05, 0) is 42.7 Å². The number of phenolic OH excluding ortho intramolecular Hbond substituents is 1. The van der Waals surface area contributed by atoms with Crippen molar-refractivity contribution in [2.24, 2.45) is 0 Å². The summed E-state index contributed by atoms with van der Waals surface area (Å²) in [6.07, 6.45) is 2.36. The Morgan fingerprint density at radius 3 is 2.45 bits per heavy atom. The van der Waals surface area contributed by atoms with E-state index in [0.717, 1.165) is 6.07 Å². The van der Waals surface area contributed by atoms with Crippen molar-refractivity contribution in [3.8, 4) is 22.6 Å². The maximum atomic E-state index is 14.8. The first-order valence-corrected chi connectivity index (χ1v) is 9.41. The molecule has 1 atom stereocenters. The second-order valence-electron chi connectivity index (χ2n) is 6.71. The first-order chi connectivity index (χ1) is 13.9. The van der Waals surface area contributed by atoms with Crippen LogP contribution in [0.1, 0.15) is 32.7 Å². The number of phenols is 1. The van der Waals surface area contributed by atoms with E-state index in [2.05, 4.69) is 0 Å². The first-order valence-electron chi connectivity index (χ1n) is 9.41. The minimum atomic E-state index is -1.10. The Bertz CT molecular complexity index is 1100. The summed E-state index contributed by atoms with van der Waals surface area (Å²) >= 11 is 0. The molecule has 1 aromatic heterocycles. The van der Waals surface area contributed by atoms with E-state index in [-0.39, 0.29) is 34.4 Å². The number of carboxylic acids is 1. The molecule has 2 N–H and O–H groups in total. The lowest BCUT2D eigenvalue weighted by molar-refractivity contribution is -0.140. The lowest BCUT2D eigenvalue weighted by Gasteiger charge is -2.21. The molecule has 152 valence electrons. The highest BCUT2D eigenvalue weighted by molar-refractivity contribution is 5.90. The van der Waals surface area contributed by atoms with Crippen LogP contribution in [0.2, 0.25) is 0 Å². The van der Waals surface area contributed by atoms with Crippen molar-refractivity contribution in [1.29, 1.82) is 0 Å². The number of nitrogens with zero attached hydrogens (tertiary/aromatic N) is 1. The minimum Gasteiger partial charge on any atom is -0.508 e. The zero-order valence-corrected chi connectivity index (χ0v) is 16.2. The molecule has 0 amide bonds. The fraction of sp³-hybridized carbons (Fsp3) is 0.273. The van der Waals surface area contributed by atoms with Crippen LogP contribution in [-0.4, -0.2) is 27.4 Å². The van der Waals surface area contributed by atoms with Gasteiger partial charge in [0, 0.05) is 11.8 Å². The summed E-state index contributed by atoms with van der Waals surface area (Å²) in [6.45, 7) is 3.96. The molecule has 3 rings (SSSR count). The Kier molecular flexibility index (Phi) is 5.87. The summed E-state index contributed by atoms with van der Waals surface area (Å²) in [5.41, 5.74) is 0.147. The van der Waals surface area contributed by atoms with Crippen LogP contribution in [0.5, 0.6) is 11.5 Å². The van der Waals surface area contributed by atoms with Gasteiger partial charge < -0.3 is 19.5 Å². The molecular formula is C22H22FNO5. The number of pyridine rings is 1. The zero-order valence-electron chi connectivity index (χ0n) is 16.2. The number of halogens is 1. The smallest absolute Gasteiger partial charge is 0.326 e. The van der Waals surface area contributed by atoms with Gasteiger partial charge in [0.05, 0.1) is 17.5 Å². The van der Waals surface area contributed by atoms with Gasteiger partial charge in [0.1, 0.15) is 23.4 Å². The molecule has 0 radical (unpaired) electrons. The third kappa shape index (κ3) is 3.81. The molecule has 0 aliphatic heterocycles. The molecule has 3 aromatic rings. The predicted molar refractivity (Wildman–Crippen MR) is 108 cm³/mol. The predicted octanol–water partition coefficient (Wildman–Crippen LogP) is 4.34. The van der Waals surface area contributed by atoms with Crippen molar-refractivity contribution in [3.63, 3.8) is 0 Å². The summed E-state index contributed by atoms with van der Waals surface area (Å²) in [7, 11) is 0. The highest BCUT2D eigenvalue weighted by atomic mass is 19.1. The number of ether oxygens (including phenoxy) is 1. The summed E-state index contributed by atoms with van der Waals surface area (Å²) in [5, 5.41) is 19.0. The Hall–Kier alpha value is -3.35. The van der Waals surface area contributed by atoms with Crippen LogP contribution in [0.3, 0.4) is 0 Å². The molecule has 7 heteroatoms. The van der Waals surface area contributed by atoms with Crippen LogP contribution < -0.4 is 10.2 Å². The van der Waals surface area contributed by atoms with Crippen molar-refractivity contribution in [2.75, 3.05) is 6.61 Å². The fourth-order valence-corrected chi connectivity index (χ4v) is 3.33. The highest BCUT2D eigenvalue weighted by Gasteiger charge is 2.25. The Balaban J connectivity index is 2.43. The average molecular weight is 399 g/mol. The molecular weight excluding hydrogens is 377 g/mol. The summed E-state index contributed by atoms with van der Waals surface area (Å²) < 4.78 is 21.9. The van der Waals surface area contributed by atoms with Crippen molar-refractivity contribution in [2.45, 2.75) is 32.7 Å². The standard InChI is InChI=1S/C22H22FNO5/c1-3-11-29-18-10-9-16(23)19-20(18)24(17(4-2)22(27)28)12-15(21(19)26)13-5-7-14(25)8-6-13/h5-10,12,17,25H,3-4,11H2,1-2H3,(H,27,28). The van der Waals surface area contributed by atoms with Gasteiger partial charge in [-0.15, -0.1) is 0 Å². The van der Waals surface area contributed by atoms with E-state index in [1.807, 2.05) is 6.92 Å². The molecule has 0 aliphatic rings. The topological polar surface area (TPSA) is 88.8 Å². The molecule has 0 spiro atoms. The number of rotatable bonds is 7. The van der Waals surface area contributed by atoms with Crippen molar-refractivity contribution in [3.05, 3.63) is 58.6 Å². The molecule has 0 aliphatic carbocycles. The third-order valence-electron chi connectivity index (χ3n) is 4.74. The van der Waals surface area contributed by atoms with Gasteiger partial charge in [-0.3, -0.25) is 4.79 Å². The number of hydrogen-bond acceptors (Lipinski definition) is 4. The van der Waals surface area contributed by atoms with Crippen LogP contribution in [0, 0.1) is 5.82 Å². The van der Waals surface area contributed by atoms with Crippen LogP contribution in [0.15, 0.2) is 47.4 Å². The number of fused-ring (bicyclic) bond motifs is 1. The van der Waals surface area contributed by atoms with Crippen molar-refractivity contribution < 1.29 is 24.1 Å². The zero-order chi connectivity index (χ0) is 21.1. The number of benzene rings is 2. The lowest BCUT2D eigenvalue weighted by atomic mass is 10.0. The van der Waals surface area contributed by atoms with E-state index >= 15 is 0 Å². The Labute approximate surface area is 166 Å². The number of aliphatic carboxylic acids is 1. The number of aromatic hydroxyl groups is 1. The molecule has 6 nitrogen and oxygen atoms in total. The normalized spacial score (nSPS) is 12.1. The highest BCUT2D eigenvalue weighted by Crippen LogP contribution is 2.32. The molecule has 0 saturated carbocycles. The van der Waals surface area contributed by atoms with E-state index in [4.69, 9.17) is 4.74 Å². The van der Waals surface area contributed by atoms with Crippen molar-refractivity contribution >= 4 is 16.9 Å². The number of carboxylic acid groups (broad SMARTS) is 1. The summed E-state index contributed by atoms with van der Waals surface area (Å²) in [5.74, 6) is -1.56. The first kappa shape index (κ1) is 20.4. The summed E-state index contributed by atoms with van der Waals surface area (Å²) in [6, 6.07) is 7.43. The Morgan fingerprint density at radius 1 is 1.17 bits per heavy atom. The van der Waals surface area contributed by atoms with Crippen LogP contribution in [-0.2, 0) is 4.79 Å². The molecule has 0 saturated heterocycles. The second-order valence-corrected chi connectivity index (χ2v) is 6.71. The third-order valence-corrected chi connectivity index (χ3v) is 4.74. The van der Waals surface area contributed by atoms with Gasteiger partial charge in [-0.2, -0.15) is 0 Å². The van der Waals surface area contributed by atoms with Gasteiger partial charge in [0.15, 0.2) is 5.43 Å². The van der Waals surface area contributed by atoms with E-state index in [1.54, 1.807) is 6.92 Å². The molecule has 1 heterocycles. The largest absolute Gasteiger partial charge is 0.508 e. The molecule has 0 fully saturated rings. The van der Waals surface area contributed by atoms with E-state index in [0.29, 0.717) is 18.6 Å². The van der Waals surface area contributed by atoms with Crippen LogP contribution >= 0.6 is 0 Å². The Morgan fingerprint density at radius 2 is 1.86 bits per heavy atom. The van der Waals surface area contributed by atoms with E-state index in [1.165, 1.54) is 41.1 Å². The molecule has 2 aromatic carbocycles. The van der Waals surface area contributed by atoms with E-state index < -0.39 is 23.3 Å². The monoisotopic (exact) mass is 399 g/mol. The number of hydrogen-bond donors (Lipinski definition) is 2. The average Bonchev–Trinajstić information content (AvgIpc) is 2.70. The number of carbonyl (C=O) groups is 1. The fourth-order valence-electron chi connectivity index (χ4n) is 3.33. The van der Waals surface area contributed by atoms with Gasteiger partial charge in [-0.25, -0.2) is 9.18 Å². The van der Waals surface area contributed by atoms with E-state index in [9.17, 15) is 24.2 Å². The van der Waals surface area contributed by atoms with Gasteiger partial charge in [-0.1, -0.05) is 26.0 Å². The second kappa shape index (κ2) is 8.34. The molecule has 0 bridgehead atoms. The van der Waals surface area contributed by atoms with Gasteiger partial charge in [0.2, 0.25) is 0 Å². The van der Waals surface area contributed by atoms with Crippen LogP contribution in [0.4, 0.5) is 4.39 Å². The van der Waals surface area contributed by atoms with Gasteiger partial charge >= 0.3 is 5.97 Å². The lowest BCUT2D eigenvalue weighted by Crippen LogP contribution is -2.23. The maximum absolute atomic E-state index is 14.8. The van der Waals surface area contributed by atoms with Gasteiger partial charge in [0.25, 0.3) is 0 Å². The minimum absolute atomic E-state index is 0.0215.